The minimum atomic E-state index is -3.48. The summed E-state index contributed by atoms with van der Waals surface area (Å²) in [5.41, 5.74) is 1.12. The van der Waals surface area contributed by atoms with Gasteiger partial charge in [0.05, 0.1) is 12.3 Å². The molecule has 0 heterocycles. The monoisotopic (exact) mass is 332 g/mol. The first kappa shape index (κ1) is 17.7. The molecule has 4 N–H and O–H groups in total. The maximum atomic E-state index is 10.9. The van der Waals surface area contributed by atoms with E-state index in [0.717, 1.165) is 12.0 Å². The maximum Gasteiger partial charge on any atom is 0.210 e. The number of halogens is 1. The Morgan fingerprint density at radius 1 is 1.38 bits per heavy atom. The van der Waals surface area contributed by atoms with E-state index in [1.807, 2.05) is 31.2 Å². The van der Waals surface area contributed by atoms with E-state index in [9.17, 15) is 8.42 Å². The highest BCUT2D eigenvalue weighted by atomic mass is 35.5. The van der Waals surface area contributed by atoms with Crippen LogP contribution >= 0.6 is 11.6 Å². The second kappa shape index (κ2) is 8.86. The number of primary sulfonamides is 1. The number of hydrogen-bond donors (Lipinski definition) is 3. The SMILES string of the molecule is CCNC(=NCCS(N)(=O)=O)NCCc1cccc(Cl)c1. The van der Waals surface area contributed by atoms with Crippen LogP contribution in [0.2, 0.25) is 5.02 Å². The van der Waals surface area contributed by atoms with Crippen LogP contribution in [-0.2, 0) is 16.4 Å². The van der Waals surface area contributed by atoms with Crippen molar-refractivity contribution < 1.29 is 8.42 Å². The molecule has 0 aliphatic heterocycles. The first-order valence-electron chi connectivity index (χ1n) is 6.68. The second-order valence-electron chi connectivity index (χ2n) is 4.43. The molecule has 1 aromatic carbocycles. The van der Waals surface area contributed by atoms with Crippen molar-refractivity contribution in [2.45, 2.75) is 13.3 Å². The Kier molecular flexibility index (Phi) is 7.49. The minimum absolute atomic E-state index is 0.130. The van der Waals surface area contributed by atoms with E-state index in [-0.39, 0.29) is 12.3 Å². The largest absolute Gasteiger partial charge is 0.357 e. The molecule has 0 radical (unpaired) electrons. The van der Waals surface area contributed by atoms with E-state index in [4.69, 9.17) is 16.7 Å². The molecule has 0 bridgehead atoms. The van der Waals surface area contributed by atoms with Crippen molar-refractivity contribution in [3.05, 3.63) is 34.9 Å². The van der Waals surface area contributed by atoms with Crippen LogP contribution in [0, 0.1) is 0 Å². The molecule has 21 heavy (non-hydrogen) atoms. The van der Waals surface area contributed by atoms with Crippen molar-refractivity contribution in [2.24, 2.45) is 10.1 Å². The molecule has 0 fully saturated rings. The zero-order valence-electron chi connectivity index (χ0n) is 12.0. The third-order valence-electron chi connectivity index (χ3n) is 2.59. The number of hydrogen-bond acceptors (Lipinski definition) is 3. The first-order valence-corrected chi connectivity index (χ1v) is 8.77. The van der Waals surface area contributed by atoms with Crippen molar-refractivity contribution in [3.8, 4) is 0 Å². The Labute approximate surface area is 130 Å². The van der Waals surface area contributed by atoms with Crippen molar-refractivity contribution in [1.29, 1.82) is 0 Å². The highest BCUT2D eigenvalue weighted by molar-refractivity contribution is 7.89. The third kappa shape index (κ3) is 8.54. The van der Waals surface area contributed by atoms with Crippen molar-refractivity contribution in [1.82, 2.24) is 10.6 Å². The highest BCUT2D eigenvalue weighted by Gasteiger charge is 2.02. The topological polar surface area (TPSA) is 96.6 Å². The summed E-state index contributed by atoms with van der Waals surface area (Å²) in [7, 11) is -3.48. The Morgan fingerprint density at radius 2 is 2.14 bits per heavy atom. The van der Waals surface area contributed by atoms with Crippen LogP contribution in [0.5, 0.6) is 0 Å². The zero-order chi connectivity index (χ0) is 15.7. The van der Waals surface area contributed by atoms with Gasteiger partial charge in [-0.25, -0.2) is 13.6 Å². The van der Waals surface area contributed by atoms with Crippen molar-refractivity contribution in [3.63, 3.8) is 0 Å². The van der Waals surface area contributed by atoms with Gasteiger partial charge in [-0.05, 0) is 31.0 Å². The van der Waals surface area contributed by atoms with Gasteiger partial charge in [-0.3, -0.25) is 4.99 Å². The summed E-state index contributed by atoms with van der Waals surface area (Å²) < 4.78 is 21.7. The van der Waals surface area contributed by atoms with Gasteiger partial charge in [-0.15, -0.1) is 0 Å². The van der Waals surface area contributed by atoms with Gasteiger partial charge in [0.1, 0.15) is 0 Å². The fourth-order valence-corrected chi connectivity index (χ4v) is 2.20. The molecule has 0 saturated heterocycles. The van der Waals surface area contributed by atoms with Gasteiger partial charge in [0, 0.05) is 18.1 Å². The minimum Gasteiger partial charge on any atom is -0.357 e. The molecule has 118 valence electrons. The molecular weight excluding hydrogens is 312 g/mol. The standard InChI is InChI=1S/C13H21ClN4O2S/c1-2-16-13(18-8-9-21(15,19)20)17-7-6-11-4-3-5-12(14)10-11/h3-5,10H,2,6-9H2,1H3,(H2,15,19,20)(H2,16,17,18). The van der Waals surface area contributed by atoms with Gasteiger partial charge < -0.3 is 10.6 Å². The normalized spacial score (nSPS) is 12.2. The summed E-state index contributed by atoms with van der Waals surface area (Å²) in [6, 6.07) is 7.65. The van der Waals surface area contributed by atoms with Crippen LogP contribution in [0.3, 0.4) is 0 Å². The van der Waals surface area contributed by atoms with E-state index in [2.05, 4.69) is 15.6 Å². The molecule has 1 rings (SSSR count). The summed E-state index contributed by atoms with van der Waals surface area (Å²) >= 11 is 5.92. The fraction of sp³-hybridized carbons (Fsp3) is 0.462. The molecule has 0 saturated carbocycles. The lowest BCUT2D eigenvalue weighted by Crippen LogP contribution is -2.38. The van der Waals surface area contributed by atoms with Crippen LogP contribution in [0.25, 0.3) is 0 Å². The molecule has 0 spiro atoms. The van der Waals surface area contributed by atoms with Gasteiger partial charge >= 0.3 is 0 Å². The number of nitrogens with one attached hydrogen (secondary N) is 2. The smallest absolute Gasteiger partial charge is 0.210 e. The van der Waals surface area contributed by atoms with Crippen molar-refractivity contribution >= 4 is 27.6 Å². The molecule has 0 atom stereocenters. The number of rotatable bonds is 7. The molecule has 8 heteroatoms. The lowest BCUT2D eigenvalue weighted by atomic mass is 10.1. The van der Waals surface area contributed by atoms with Crippen LogP contribution in [-0.4, -0.2) is 39.8 Å². The Bertz CT molecular complexity index is 575. The zero-order valence-corrected chi connectivity index (χ0v) is 13.5. The lowest BCUT2D eigenvalue weighted by Gasteiger charge is -2.11. The van der Waals surface area contributed by atoms with Gasteiger partial charge in [-0.1, -0.05) is 23.7 Å². The van der Waals surface area contributed by atoms with Gasteiger partial charge in [0.2, 0.25) is 10.0 Å². The van der Waals surface area contributed by atoms with E-state index < -0.39 is 10.0 Å². The van der Waals surface area contributed by atoms with E-state index >= 15 is 0 Å². The van der Waals surface area contributed by atoms with E-state index in [1.54, 1.807) is 0 Å². The number of nitrogens with two attached hydrogens (primary N) is 1. The van der Waals surface area contributed by atoms with Crippen LogP contribution in [0.4, 0.5) is 0 Å². The second-order valence-corrected chi connectivity index (χ2v) is 6.60. The molecule has 0 aliphatic carbocycles. The molecule has 1 aromatic rings. The van der Waals surface area contributed by atoms with E-state index in [0.29, 0.717) is 24.1 Å². The summed E-state index contributed by atoms with van der Waals surface area (Å²) in [6.07, 6.45) is 0.792. The predicted molar refractivity (Wildman–Crippen MR) is 87.1 cm³/mol. The number of benzene rings is 1. The number of sulfonamides is 1. The molecule has 0 aromatic heterocycles. The number of aliphatic imine (C=N–C) groups is 1. The summed E-state index contributed by atoms with van der Waals surface area (Å²) in [6.45, 7) is 3.43. The Morgan fingerprint density at radius 3 is 2.76 bits per heavy atom. The highest BCUT2D eigenvalue weighted by Crippen LogP contribution is 2.10. The fourth-order valence-electron chi connectivity index (χ4n) is 1.64. The average Bonchev–Trinajstić information content (AvgIpc) is 2.37. The third-order valence-corrected chi connectivity index (χ3v) is 3.57. The predicted octanol–water partition coefficient (Wildman–Crippen LogP) is 0.726. The van der Waals surface area contributed by atoms with Gasteiger partial charge in [-0.2, -0.15) is 0 Å². The lowest BCUT2D eigenvalue weighted by molar-refractivity contribution is 0.597. The van der Waals surface area contributed by atoms with Gasteiger partial charge in [0.25, 0.3) is 0 Å². The van der Waals surface area contributed by atoms with Gasteiger partial charge in [0.15, 0.2) is 5.96 Å². The Balaban J connectivity index is 2.45. The van der Waals surface area contributed by atoms with Crippen LogP contribution in [0.1, 0.15) is 12.5 Å². The van der Waals surface area contributed by atoms with Crippen LogP contribution in [0.15, 0.2) is 29.3 Å². The van der Waals surface area contributed by atoms with Crippen molar-refractivity contribution in [2.75, 3.05) is 25.4 Å². The average molecular weight is 333 g/mol. The Hall–Kier alpha value is -1.31. The van der Waals surface area contributed by atoms with Crippen LogP contribution < -0.4 is 15.8 Å². The number of guanidine groups is 1. The molecule has 0 amide bonds. The number of nitrogens with zero attached hydrogens (tertiary/aromatic N) is 1. The molecule has 0 aliphatic rings. The molecule has 6 nitrogen and oxygen atoms in total. The van der Waals surface area contributed by atoms with E-state index in [1.165, 1.54) is 0 Å². The molecule has 0 unspecified atom stereocenters. The summed E-state index contributed by atoms with van der Waals surface area (Å²) in [5, 5.41) is 11.8. The summed E-state index contributed by atoms with van der Waals surface area (Å²) in [5.74, 6) is 0.404. The first-order chi connectivity index (χ1) is 9.90. The maximum absolute atomic E-state index is 10.9. The molecular formula is C13H21ClN4O2S. The quantitative estimate of drug-likeness (QED) is 0.506. The summed E-state index contributed by atoms with van der Waals surface area (Å²) in [4.78, 5) is 4.16.